The molecule has 0 saturated carbocycles. The van der Waals surface area contributed by atoms with E-state index in [1.807, 2.05) is 0 Å². The van der Waals surface area contributed by atoms with Gasteiger partial charge in [-0.25, -0.2) is 0 Å². The predicted molar refractivity (Wildman–Crippen MR) is 91.6 cm³/mol. The highest BCUT2D eigenvalue weighted by Gasteiger charge is 2.26. The van der Waals surface area contributed by atoms with E-state index in [0.29, 0.717) is 5.92 Å². The van der Waals surface area contributed by atoms with E-state index in [-0.39, 0.29) is 0 Å². The summed E-state index contributed by atoms with van der Waals surface area (Å²) >= 11 is 0. The monoisotopic (exact) mass is 280 g/mol. The first-order valence-electron chi connectivity index (χ1n) is 7.62. The van der Waals surface area contributed by atoms with Gasteiger partial charge in [-0.15, -0.1) is 0 Å². The quantitative estimate of drug-likeness (QED) is 0.622. The van der Waals surface area contributed by atoms with E-state index in [2.05, 4.69) is 69.1 Å². The van der Waals surface area contributed by atoms with Crippen molar-refractivity contribution in [1.82, 2.24) is 0 Å². The van der Waals surface area contributed by atoms with Gasteiger partial charge in [-0.2, -0.15) is 0 Å². The maximum Gasteiger partial charge on any atom is 0.0771 e. The summed E-state index contributed by atoms with van der Waals surface area (Å²) in [5.74, 6) is 0.604. The van der Waals surface area contributed by atoms with Crippen LogP contribution in [0.5, 0.6) is 0 Å². The molecule has 1 atom stereocenters. The molecule has 1 aromatic rings. The summed E-state index contributed by atoms with van der Waals surface area (Å²) in [4.78, 5) is 0. The second-order valence-electron chi connectivity index (χ2n) is 7.19. The lowest BCUT2D eigenvalue weighted by Crippen LogP contribution is -2.21. The van der Waals surface area contributed by atoms with E-state index in [1.54, 1.807) is 10.8 Å². The SMILES string of the molecule is CC1=Cc2ccccc2C1CC1=CC([Si](C)(C)C)=CC1. The molecule has 0 spiro atoms. The number of hydrogen-bond donors (Lipinski definition) is 0. The van der Waals surface area contributed by atoms with Crippen molar-refractivity contribution in [3.63, 3.8) is 0 Å². The molecule has 3 rings (SSSR count). The van der Waals surface area contributed by atoms with Gasteiger partial charge in [-0.3, -0.25) is 0 Å². The zero-order valence-electron chi connectivity index (χ0n) is 13.0. The minimum Gasteiger partial charge on any atom is -0.0812 e. The molecular formula is C19H24Si. The topological polar surface area (TPSA) is 0 Å². The first-order valence-corrected chi connectivity index (χ1v) is 11.1. The van der Waals surface area contributed by atoms with Crippen molar-refractivity contribution >= 4 is 14.1 Å². The van der Waals surface area contributed by atoms with Gasteiger partial charge in [0, 0.05) is 5.92 Å². The number of hydrogen-bond acceptors (Lipinski definition) is 0. The van der Waals surface area contributed by atoms with Crippen molar-refractivity contribution in [3.05, 3.63) is 63.9 Å². The normalized spacial score (nSPS) is 21.4. The molecule has 1 aromatic carbocycles. The molecule has 2 aliphatic rings. The fourth-order valence-corrected chi connectivity index (χ4v) is 4.68. The van der Waals surface area contributed by atoms with E-state index >= 15 is 0 Å². The van der Waals surface area contributed by atoms with Crippen molar-refractivity contribution in [2.24, 2.45) is 0 Å². The van der Waals surface area contributed by atoms with Crippen molar-refractivity contribution in [3.8, 4) is 0 Å². The van der Waals surface area contributed by atoms with Crippen molar-refractivity contribution < 1.29 is 0 Å². The van der Waals surface area contributed by atoms with Gasteiger partial charge in [-0.1, -0.05) is 78.5 Å². The van der Waals surface area contributed by atoms with E-state index in [9.17, 15) is 0 Å². The highest BCUT2D eigenvalue weighted by Crippen LogP contribution is 2.41. The van der Waals surface area contributed by atoms with Crippen molar-refractivity contribution in [2.45, 2.75) is 45.3 Å². The molecule has 0 bridgehead atoms. The smallest absolute Gasteiger partial charge is 0.0771 e. The average molecular weight is 280 g/mol. The molecule has 2 aliphatic carbocycles. The van der Waals surface area contributed by atoms with Crippen LogP contribution in [0, 0.1) is 0 Å². The Morgan fingerprint density at radius 1 is 1.10 bits per heavy atom. The molecule has 0 N–H and O–H groups in total. The zero-order valence-corrected chi connectivity index (χ0v) is 14.0. The van der Waals surface area contributed by atoms with Crippen molar-refractivity contribution in [1.29, 1.82) is 0 Å². The largest absolute Gasteiger partial charge is 0.0812 e. The maximum atomic E-state index is 2.50. The first kappa shape index (κ1) is 13.6. The lowest BCUT2D eigenvalue weighted by Gasteiger charge is -2.17. The summed E-state index contributed by atoms with van der Waals surface area (Å²) in [5, 5.41) is 1.64. The zero-order chi connectivity index (χ0) is 14.3. The third kappa shape index (κ3) is 2.47. The molecular weight excluding hydrogens is 256 g/mol. The molecule has 104 valence electrons. The molecule has 0 nitrogen and oxygen atoms in total. The maximum absolute atomic E-state index is 2.50. The third-order valence-electron chi connectivity index (χ3n) is 4.58. The molecule has 0 aromatic heterocycles. The van der Waals surface area contributed by atoms with Crippen LogP contribution in [0.4, 0.5) is 0 Å². The van der Waals surface area contributed by atoms with Gasteiger partial charge in [0.25, 0.3) is 0 Å². The second-order valence-corrected chi connectivity index (χ2v) is 12.3. The lowest BCUT2D eigenvalue weighted by molar-refractivity contribution is 0.784. The average Bonchev–Trinajstić information content (AvgIpc) is 2.95. The standard InChI is InChI=1S/C19H24Si/c1-14-11-16-7-5-6-8-18(16)19(14)13-15-9-10-17(12-15)20(2,3)4/h5-8,10-12,19H,9,13H2,1-4H3. The van der Waals surface area contributed by atoms with Crippen molar-refractivity contribution in [2.75, 3.05) is 0 Å². The summed E-state index contributed by atoms with van der Waals surface area (Å²) in [6, 6.07) is 8.86. The molecule has 0 heterocycles. The van der Waals surface area contributed by atoms with Crippen LogP contribution in [-0.4, -0.2) is 8.07 Å². The van der Waals surface area contributed by atoms with Crippen LogP contribution in [0.1, 0.15) is 36.8 Å². The highest BCUT2D eigenvalue weighted by molar-refractivity contribution is 6.83. The van der Waals surface area contributed by atoms with Gasteiger partial charge >= 0.3 is 0 Å². The Kier molecular flexibility index (Phi) is 3.33. The Balaban J connectivity index is 1.80. The third-order valence-corrected chi connectivity index (χ3v) is 6.66. The van der Waals surface area contributed by atoms with Crippen LogP contribution in [0.2, 0.25) is 19.6 Å². The summed E-state index contributed by atoms with van der Waals surface area (Å²) < 4.78 is 0. The molecule has 20 heavy (non-hydrogen) atoms. The van der Waals surface area contributed by atoms with Gasteiger partial charge in [0.2, 0.25) is 0 Å². The number of rotatable bonds is 3. The summed E-state index contributed by atoms with van der Waals surface area (Å²) in [5.41, 5.74) is 6.09. The van der Waals surface area contributed by atoms with Gasteiger partial charge in [0.1, 0.15) is 0 Å². The van der Waals surface area contributed by atoms with E-state index in [1.165, 1.54) is 29.5 Å². The molecule has 0 radical (unpaired) electrons. The van der Waals surface area contributed by atoms with Gasteiger partial charge in [0.15, 0.2) is 0 Å². The van der Waals surface area contributed by atoms with Gasteiger partial charge in [-0.05, 0) is 30.9 Å². The number of benzene rings is 1. The van der Waals surface area contributed by atoms with Gasteiger partial charge < -0.3 is 0 Å². The predicted octanol–water partition coefficient (Wildman–Crippen LogP) is 5.71. The lowest BCUT2D eigenvalue weighted by atomic mass is 9.89. The Morgan fingerprint density at radius 2 is 1.85 bits per heavy atom. The van der Waals surface area contributed by atoms with Gasteiger partial charge in [0.05, 0.1) is 8.07 Å². The minimum atomic E-state index is -1.14. The molecule has 1 unspecified atom stereocenters. The molecule has 1 heteroatoms. The molecule has 0 aliphatic heterocycles. The second kappa shape index (κ2) is 4.89. The Labute approximate surface area is 123 Å². The molecule has 0 saturated heterocycles. The fraction of sp³-hybridized carbons (Fsp3) is 0.368. The Bertz CT molecular complexity index is 623. The van der Waals surface area contributed by atoms with Crippen LogP contribution < -0.4 is 0 Å². The Hall–Kier alpha value is -1.34. The van der Waals surface area contributed by atoms with Crippen LogP contribution in [0.15, 0.2) is 52.8 Å². The summed E-state index contributed by atoms with van der Waals surface area (Å²) in [6.07, 6.45) is 9.71. The fourth-order valence-electron chi connectivity index (χ4n) is 3.33. The minimum absolute atomic E-state index is 0.604. The van der Waals surface area contributed by atoms with E-state index < -0.39 is 8.07 Å². The van der Waals surface area contributed by atoms with Crippen LogP contribution in [0.25, 0.3) is 6.08 Å². The highest BCUT2D eigenvalue weighted by atomic mass is 28.3. The first-order chi connectivity index (χ1) is 9.45. The number of fused-ring (bicyclic) bond motifs is 1. The van der Waals surface area contributed by atoms with Crippen LogP contribution in [-0.2, 0) is 0 Å². The van der Waals surface area contributed by atoms with Crippen LogP contribution in [0.3, 0.4) is 0 Å². The number of allylic oxidation sites excluding steroid dienone is 5. The molecule has 0 amide bonds. The molecule has 0 fully saturated rings. The summed E-state index contributed by atoms with van der Waals surface area (Å²) in [7, 11) is -1.14. The van der Waals surface area contributed by atoms with Crippen LogP contribution >= 0.6 is 0 Å². The van der Waals surface area contributed by atoms with E-state index in [0.717, 1.165) is 0 Å². The Morgan fingerprint density at radius 3 is 2.55 bits per heavy atom. The van der Waals surface area contributed by atoms with E-state index in [4.69, 9.17) is 0 Å². The summed E-state index contributed by atoms with van der Waals surface area (Å²) in [6.45, 7) is 9.60.